The van der Waals surface area contributed by atoms with Crippen molar-refractivity contribution in [3.63, 3.8) is 0 Å². The second-order valence-electron chi connectivity index (χ2n) is 4.74. The lowest BCUT2D eigenvalue weighted by Crippen LogP contribution is -2.47. The summed E-state index contributed by atoms with van der Waals surface area (Å²) in [6, 6.07) is 4.32. The fourth-order valence-electron chi connectivity index (χ4n) is 2.31. The topological polar surface area (TPSA) is 54.5 Å². The standard InChI is InChI=1S/C13H16FNO3S2/c1-9(16)13-10(14)4-3-5-11(13)15-6-7-19-8-12(15)20(2,17)18/h3-5,12H,6-8H2,1-2H3. The minimum atomic E-state index is -3.31. The first kappa shape index (κ1) is 15.3. The molecule has 1 aliphatic rings. The van der Waals surface area contributed by atoms with Gasteiger partial charge < -0.3 is 4.90 Å². The maximum Gasteiger partial charge on any atom is 0.169 e. The Labute approximate surface area is 122 Å². The van der Waals surface area contributed by atoms with Crippen molar-refractivity contribution in [1.82, 2.24) is 0 Å². The molecule has 0 aromatic heterocycles. The number of nitrogens with zero attached hydrogens (tertiary/aromatic N) is 1. The van der Waals surface area contributed by atoms with E-state index in [1.165, 1.54) is 25.3 Å². The molecule has 0 amide bonds. The van der Waals surface area contributed by atoms with Crippen molar-refractivity contribution in [3.05, 3.63) is 29.6 Å². The maximum atomic E-state index is 13.9. The quantitative estimate of drug-likeness (QED) is 0.798. The maximum absolute atomic E-state index is 13.9. The van der Waals surface area contributed by atoms with E-state index in [9.17, 15) is 17.6 Å². The summed E-state index contributed by atoms with van der Waals surface area (Å²) in [6.45, 7) is 1.77. The van der Waals surface area contributed by atoms with Crippen LogP contribution in [0.3, 0.4) is 0 Å². The number of Topliss-reactive ketones (excluding diaryl/α,β-unsaturated/α-hetero) is 1. The van der Waals surface area contributed by atoms with Crippen LogP contribution < -0.4 is 4.90 Å². The van der Waals surface area contributed by atoms with Gasteiger partial charge >= 0.3 is 0 Å². The summed E-state index contributed by atoms with van der Waals surface area (Å²) in [5, 5.41) is -0.721. The van der Waals surface area contributed by atoms with Crippen molar-refractivity contribution in [2.75, 3.05) is 29.2 Å². The predicted molar refractivity (Wildman–Crippen MR) is 79.7 cm³/mol. The van der Waals surface area contributed by atoms with Crippen LogP contribution in [0.15, 0.2) is 18.2 Å². The highest BCUT2D eigenvalue weighted by atomic mass is 32.2. The molecule has 1 aromatic rings. The first-order valence-electron chi connectivity index (χ1n) is 6.15. The van der Waals surface area contributed by atoms with Gasteiger partial charge in [0.2, 0.25) is 0 Å². The minimum absolute atomic E-state index is 0.0342. The van der Waals surface area contributed by atoms with Crippen LogP contribution in [0.5, 0.6) is 0 Å². The Morgan fingerprint density at radius 2 is 2.15 bits per heavy atom. The molecule has 2 rings (SSSR count). The van der Waals surface area contributed by atoms with Gasteiger partial charge in [0.25, 0.3) is 0 Å². The molecule has 0 spiro atoms. The number of rotatable bonds is 3. The second kappa shape index (κ2) is 5.73. The molecule has 1 atom stereocenters. The molecule has 7 heteroatoms. The van der Waals surface area contributed by atoms with E-state index in [1.54, 1.807) is 22.7 Å². The molecule has 1 heterocycles. The number of carbonyl (C=O) groups is 1. The molecule has 1 saturated heterocycles. The molecule has 1 aromatic carbocycles. The fraction of sp³-hybridized carbons (Fsp3) is 0.462. The largest absolute Gasteiger partial charge is 0.353 e. The van der Waals surface area contributed by atoms with E-state index in [0.29, 0.717) is 18.0 Å². The Morgan fingerprint density at radius 1 is 1.45 bits per heavy atom. The van der Waals surface area contributed by atoms with Crippen LogP contribution >= 0.6 is 11.8 Å². The lowest BCUT2D eigenvalue weighted by molar-refractivity contribution is 0.101. The number of anilines is 1. The van der Waals surface area contributed by atoms with E-state index in [2.05, 4.69) is 0 Å². The molecule has 4 nitrogen and oxygen atoms in total. The zero-order valence-corrected chi connectivity index (χ0v) is 12.9. The van der Waals surface area contributed by atoms with E-state index >= 15 is 0 Å². The van der Waals surface area contributed by atoms with Gasteiger partial charge in [0.05, 0.1) is 11.3 Å². The third-order valence-corrected chi connectivity index (χ3v) is 5.88. The highest BCUT2D eigenvalue weighted by Crippen LogP contribution is 2.31. The molecular weight excluding hydrogens is 301 g/mol. The third-order valence-electron chi connectivity index (χ3n) is 3.23. The summed E-state index contributed by atoms with van der Waals surface area (Å²) in [5.41, 5.74) is 0.335. The van der Waals surface area contributed by atoms with Crippen LogP contribution in [0.2, 0.25) is 0 Å². The first-order chi connectivity index (χ1) is 9.32. The van der Waals surface area contributed by atoms with Gasteiger partial charge in [0, 0.05) is 24.3 Å². The molecule has 0 radical (unpaired) electrons. The number of benzene rings is 1. The molecule has 0 N–H and O–H groups in total. The molecule has 1 aliphatic heterocycles. The van der Waals surface area contributed by atoms with Crippen molar-refractivity contribution in [3.8, 4) is 0 Å². The molecule has 20 heavy (non-hydrogen) atoms. The van der Waals surface area contributed by atoms with Gasteiger partial charge in [-0.15, -0.1) is 0 Å². The number of ketones is 1. The van der Waals surface area contributed by atoms with Gasteiger partial charge in [-0.2, -0.15) is 11.8 Å². The van der Waals surface area contributed by atoms with Crippen molar-refractivity contribution < 1.29 is 17.6 Å². The van der Waals surface area contributed by atoms with E-state index in [0.717, 1.165) is 5.75 Å². The van der Waals surface area contributed by atoms with E-state index < -0.39 is 26.8 Å². The Balaban J connectivity index is 2.54. The van der Waals surface area contributed by atoms with Crippen LogP contribution in [0.1, 0.15) is 17.3 Å². The van der Waals surface area contributed by atoms with Crippen LogP contribution in [-0.4, -0.2) is 43.9 Å². The van der Waals surface area contributed by atoms with Gasteiger partial charge in [-0.05, 0) is 19.1 Å². The van der Waals surface area contributed by atoms with Gasteiger partial charge in [0.1, 0.15) is 11.2 Å². The van der Waals surface area contributed by atoms with Crippen LogP contribution in [0.4, 0.5) is 10.1 Å². The smallest absolute Gasteiger partial charge is 0.169 e. The van der Waals surface area contributed by atoms with Crippen molar-refractivity contribution >= 4 is 33.1 Å². The second-order valence-corrected chi connectivity index (χ2v) is 8.10. The zero-order valence-electron chi connectivity index (χ0n) is 11.3. The highest BCUT2D eigenvalue weighted by molar-refractivity contribution is 8.01. The summed E-state index contributed by atoms with van der Waals surface area (Å²) in [5.74, 6) is 0.163. The van der Waals surface area contributed by atoms with Gasteiger partial charge in [-0.3, -0.25) is 4.79 Å². The Bertz CT molecular complexity index is 631. The molecule has 0 saturated carbocycles. The normalized spacial score (nSPS) is 19.9. The molecule has 1 unspecified atom stereocenters. The average molecular weight is 317 g/mol. The monoisotopic (exact) mass is 317 g/mol. The Hall–Kier alpha value is -1.08. The van der Waals surface area contributed by atoms with Crippen molar-refractivity contribution in [2.45, 2.75) is 12.3 Å². The number of thioether (sulfide) groups is 1. The van der Waals surface area contributed by atoms with Crippen molar-refractivity contribution in [1.29, 1.82) is 0 Å². The molecule has 0 bridgehead atoms. The predicted octanol–water partition coefficient (Wildman–Crippen LogP) is 1.95. The Morgan fingerprint density at radius 3 is 2.75 bits per heavy atom. The summed E-state index contributed by atoms with van der Waals surface area (Å²) < 4.78 is 37.7. The molecule has 1 fully saturated rings. The summed E-state index contributed by atoms with van der Waals surface area (Å²) >= 11 is 1.55. The van der Waals surface area contributed by atoms with Crippen LogP contribution in [0, 0.1) is 5.82 Å². The van der Waals surface area contributed by atoms with Crippen LogP contribution in [0.25, 0.3) is 0 Å². The van der Waals surface area contributed by atoms with E-state index in [1.807, 2.05) is 0 Å². The SMILES string of the molecule is CC(=O)c1c(F)cccc1N1CCSCC1S(C)(=O)=O. The summed E-state index contributed by atoms with van der Waals surface area (Å²) in [7, 11) is -3.31. The number of hydrogen-bond acceptors (Lipinski definition) is 5. The van der Waals surface area contributed by atoms with E-state index in [4.69, 9.17) is 0 Å². The van der Waals surface area contributed by atoms with Gasteiger partial charge in [-0.1, -0.05) is 6.07 Å². The summed E-state index contributed by atoms with van der Waals surface area (Å²) in [6.07, 6.45) is 1.17. The Kier molecular flexibility index (Phi) is 4.39. The number of hydrogen-bond donors (Lipinski definition) is 0. The van der Waals surface area contributed by atoms with Crippen LogP contribution in [-0.2, 0) is 9.84 Å². The average Bonchev–Trinajstić information content (AvgIpc) is 2.37. The number of carbonyl (C=O) groups excluding carboxylic acids is 1. The van der Waals surface area contributed by atoms with Gasteiger partial charge in [0.15, 0.2) is 15.6 Å². The van der Waals surface area contributed by atoms with Crippen molar-refractivity contribution in [2.24, 2.45) is 0 Å². The minimum Gasteiger partial charge on any atom is -0.353 e. The lowest BCUT2D eigenvalue weighted by atomic mass is 10.1. The fourth-order valence-corrected chi connectivity index (χ4v) is 5.14. The highest BCUT2D eigenvalue weighted by Gasteiger charge is 2.33. The molecular formula is C13H16FNO3S2. The van der Waals surface area contributed by atoms with Gasteiger partial charge in [-0.25, -0.2) is 12.8 Å². The molecule has 0 aliphatic carbocycles. The first-order valence-corrected chi connectivity index (χ1v) is 9.26. The summed E-state index contributed by atoms with van der Waals surface area (Å²) in [4.78, 5) is 13.3. The number of halogens is 1. The number of sulfone groups is 1. The lowest BCUT2D eigenvalue weighted by Gasteiger charge is -2.36. The zero-order chi connectivity index (χ0) is 14.9. The third kappa shape index (κ3) is 2.98. The molecule has 110 valence electrons. The van der Waals surface area contributed by atoms with E-state index in [-0.39, 0.29) is 5.56 Å².